The second-order valence-corrected chi connectivity index (χ2v) is 8.08. The summed E-state index contributed by atoms with van der Waals surface area (Å²) in [5.74, 6) is 1.55. The van der Waals surface area contributed by atoms with Crippen LogP contribution in [0.4, 0.5) is 13.2 Å². The lowest BCUT2D eigenvalue weighted by atomic mass is 9.98. The van der Waals surface area contributed by atoms with E-state index in [2.05, 4.69) is 0 Å². The molecule has 2 atom stereocenters. The molecule has 2 fully saturated rings. The van der Waals surface area contributed by atoms with Crippen molar-refractivity contribution in [3.05, 3.63) is 53.6 Å². The van der Waals surface area contributed by atoms with E-state index in [0.29, 0.717) is 43.4 Å². The number of amides is 1. The van der Waals surface area contributed by atoms with Crippen LogP contribution in [0.2, 0.25) is 0 Å². The van der Waals surface area contributed by atoms with E-state index >= 15 is 0 Å². The zero-order valence-electron chi connectivity index (χ0n) is 18.3. The number of alkyl halides is 3. The Hall–Kier alpha value is -2.94. The van der Waals surface area contributed by atoms with Gasteiger partial charge in [0.05, 0.1) is 25.8 Å². The van der Waals surface area contributed by atoms with Crippen LogP contribution in [-0.2, 0) is 15.7 Å². The lowest BCUT2D eigenvalue weighted by Gasteiger charge is -2.19. The molecule has 33 heavy (non-hydrogen) atoms. The van der Waals surface area contributed by atoms with Crippen LogP contribution in [0.25, 0.3) is 0 Å². The molecular weight excluding hydrogens is 439 g/mol. The standard InChI is InChI=1S/C24H26F3NO5/c1-30-20-9-4-16(13-21(20)33-23-3-2-11-32-23)17-14-22(29)28(15-17)10-12-31-19-7-5-18(6-8-19)24(25,26)27/h4-9,13,17,23H,2-3,10-12,14-15H2,1H3/t17-,23?/m1/s1. The van der Waals surface area contributed by atoms with Gasteiger partial charge in [0, 0.05) is 25.3 Å². The summed E-state index contributed by atoms with van der Waals surface area (Å²) in [6.45, 7) is 1.75. The molecule has 2 aromatic carbocycles. The van der Waals surface area contributed by atoms with Gasteiger partial charge in [-0.2, -0.15) is 13.2 Å². The average molecular weight is 465 g/mol. The van der Waals surface area contributed by atoms with Crippen molar-refractivity contribution in [2.45, 2.75) is 37.6 Å². The molecule has 0 aliphatic carbocycles. The van der Waals surface area contributed by atoms with Crippen LogP contribution in [0, 0.1) is 0 Å². The molecule has 0 aromatic heterocycles. The Balaban J connectivity index is 1.33. The van der Waals surface area contributed by atoms with Gasteiger partial charge in [0.1, 0.15) is 12.4 Å². The fourth-order valence-corrected chi connectivity index (χ4v) is 4.05. The highest BCUT2D eigenvalue weighted by atomic mass is 19.4. The monoisotopic (exact) mass is 465 g/mol. The third-order valence-corrected chi connectivity index (χ3v) is 5.83. The first-order valence-electron chi connectivity index (χ1n) is 10.9. The Morgan fingerprint density at radius 2 is 1.91 bits per heavy atom. The molecule has 1 amide bonds. The summed E-state index contributed by atoms with van der Waals surface area (Å²) in [7, 11) is 1.58. The number of halogens is 3. The molecule has 1 unspecified atom stereocenters. The van der Waals surface area contributed by atoms with E-state index in [1.807, 2.05) is 18.2 Å². The van der Waals surface area contributed by atoms with Gasteiger partial charge in [-0.25, -0.2) is 0 Å². The van der Waals surface area contributed by atoms with E-state index in [1.54, 1.807) is 12.0 Å². The number of nitrogens with zero attached hydrogens (tertiary/aromatic N) is 1. The second-order valence-electron chi connectivity index (χ2n) is 8.08. The van der Waals surface area contributed by atoms with Crippen molar-refractivity contribution in [3.8, 4) is 17.2 Å². The number of methoxy groups -OCH3 is 1. The van der Waals surface area contributed by atoms with E-state index < -0.39 is 11.7 Å². The number of likely N-dealkylation sites (tertiary alicyclic amines) is 1. The third-order valence-electron chi connectivity index (χ3n) is 5.83. The zero-order valence-corrected chi connectivity index (χ0v) is 18.3. The highest BCUT2D eigenvalue weighted by Gasteiger charge is 2.32. The van der Waals surface area contributed by atoms with Gasteiger partial charge in [-0.15, -0.1) is 0 Å². The van der Waals surface area contributed by atoms with Gasteiger partial charge >= 0.3 is 6.18 Å². The Kier molecular flexibility index (Phi) is 6.97. The third kappa shape index (κ3) is 5.71. The summed E-state index contributed by atoms with van der Waals surface area (Å²) in [6.07, 6.45) is -2.54. The maximum atomic E-state index is 12.7. The Morgan fingerprint density at radius 1 is 1.12 bits per heavy atom. The van der Waals surface area contributed by atoms with Crippen LogP contribution < -0.4 is 14.2 Å². The number of ether oxygens (including phenoxy) is 4. The van der Waals surface area contributed by atoms with Gasteiger partial charge in [0.25, 0.3) is 0 Å². The van der Waals surface area contributed by atoms with Crippen molar-refractivity contribution in [3.63, 3.8) is 0 Å². The van der Waals surface area contributed by atoms with Gasteiger partial charge in [0.15, 0.2) is 17.8 Å². The summed E-state index contributed by atoms with van der Waals surface area (Å²) in [6, 6.07) is 10.2. The number of carbonyl (C=O) groups excluding carboxylic acids is 1. The molecule has 178 valence electrons. The van der Waals surface area contributed by atoms with E-state index in [9.17, 15) is 18.0 Å². The normalized spacial score (nSPS) is 20.8. The van der Waals surface area contributed by atoms with Gasteiger partial charge in [-0.1, -0.05) is 6.07 Å². The van der Waals surface area contributed by atoms with E-state index in [1.165, 1.54) is 12.1 Å². The SMILES string of the molecule is COc1ccc([C@@H]2CC(=O)N(CCOc3ccc(C(F)(F)F)cc3)C2)cc1OC1CCCO1. The molecule has 0 saturated carbocycles. The van der Waals surface area contributed by atoms with Gasteiger partial charge in [-0.3, -0.25) is 4.79 Å². The highest BCUT2D eigenvalue weighted by Crippen LogP contribution is 2.36. The summed E-state index contributed by atoms with van der Waals surface area (Å²) in [5.41, 5.74) is 0.248. The van der Waals surface area contributed by atoms with Crippen molar-refractivity contribution in [2.75, 3.05) is 33.4 Å². The van der Waals surface area contributed by atoms with E-state index in [4.69, 9.17) is 18.9 Å². The van der Waals surface area contributed by atoms with Crippen molar-refractivity contribution in [1.82, 2.24) is 4.90 Å². The molecular formula is C24H26F3NO5. The molecule has 4 rings (SSSR count). The molecule has 2 aliphatic rings. The summed E-state index contributed by atoms with van der Waals surface area (Å²) < 4.78 is 60.4. The summed E-state index contributed by atoms with van der Waals surface area (Å²) >= 11 is 0. The molecule has 2 aliphatic heterocycles. The predicted octanol–water partition coefficient (Wildman–Crippen LogP) is 4.62. The highest BCUT2D eigenvalue weighted by molar-refractivity contribution is 5.79. The second kappa shape index (κ2) is 9.91. The van der Waals surface area contributed by atoms with Crippen LogP contribution in [0.1, 0.15) is 36.3 Å². The minimum Gasteiger partial charge on any atom is -0.493 e. The molecule has 9 heteroatoms. The smallest absolute Gasteiger partial charge is 0.416 e. The molecule has 2 heterocycles. The van der Waals surface area contributed by atoms with Gasteiger partial charge < -0.3 is 23.8 Å². The van der Waals surface area contributed by atoms with Gasteiger partial charge in [-0.05, 0) is 48.4 Å². The van der Waals surface area contributed by atoms with Crippen LogP contribution >= 0.6 is 0 Å². The van der Waals surface area contributed by atoms with Crippen molar-refractivity contribution < 1.29 is 36.9 Å². The van der Waals surface area contributed by atoms with Crippen LogP contribution in [-0.4, -0.2) is 50.5 Å². The first-order valence-corrected chi connectivity index (χ1v) is 10.9. The van der Waals surface area contributed by atoms with Crippen molar-refractivity contribution in [1.29, 1.82) is 0 Å². The van der Waals surface area contributed by atoms with Gasteiger partial charge in [0.2, 0.25) is 5.91 Å². The molecule has 6 nitrogen and oxygen atoms in total. The average Bonchev–Trinajstić information content (AvgIpc) is 3.43. The van der Waals surface area contributed by atoms with Crippen LogP contribution in [0.15, 0.2) is 42.5 Å². The number of benzene rings is 2. The molecule has 0 N–H and O–H groups in total. The maximum Gasteiger partial charge on any atom is 0.416 e. The largest absolute Gasteiger partial charge is 0.493 e. The first-order chi connectivity index (χ1) is 15.8. The fraction of sp³-hybridized carbons (Fsp3) is 0.458. The topological polar surface area (TPSA) is 57.2 Å². The Morgan fingerprint density at radius 3 is 2.58 bits per heavy atom. The zero-order chi connectivity index (χ0) is 23.4. The first kappa shape index (κ1) is 23.2. The molecule has 0 spiro atoms. The van der Waals surface area contributed by atoms with Crippen LogP contribution in [0.5, 0.6) is 17.2 Å². The molecule has 0 bridgehead atoms. The number of hydrogen-bond donors (Lipinski definition) is 0. The molecule has 0 radical (unpaired) electrons. The van der Waals surface area contributed by atoms with Crippen molar-refractivity contribution >= 4 is 5.91 Å². The summed E-state index contributed by atoms with van der Waals surface area (Å²) in [5, 5.41) is 0. The number of rotatable bonds is 8. The van der Waals surface area contributed by atoms with E-state index in [0.717, 1.165) is 30.5 Å². The minimum atomic E-state index is -4.38. The number of hydrogen-bond acceptors (Lipinski definition) is 5. The maximum absolute atomic E-state index is 12.7. The van der Waals surface area contributed by atoms with Crippen molar-refractivity contribution in [2.24, 2.45) is 0 Å². The van der Waals surface area contributed by atoms with Crippen LogP contribution in [0.3, 0.4) is 0 Å². The molecule has 2 saturated heterocycles. The Bertz CT molecular complexity index is 958. The lowest BCUT2D eigenvalue weighted by molar-refractivity contribution is -0.137. The Labute approximate surface area is 190 Å². The fourth-order valence-electron chi connectivity index (χ4n) is 4.05. The molecule has 2 aromatic rings. The lowest BCUT2D eigenvalue weighted by Crippen LogP contribution is -2.29. The number of carbonyl (C=O) groups is 1. The predicted molar refractivity (Wildman–Crippen MR) is 113 cm³/mol. The summed E-state index contributed by atoms with van der Waals surface area (Å²) in [4.78, 5) is 14.2. The minimum absolute atomic E-state index is 0.00122. The quantitative estimate of drug-likeness (QED) is 0.569. The van der Waals surface area contributed by atoms with E-state index in [-0.39, 0.29) is 24.7 Å².